The van der Waals surface area contributed by atoms with E-state index < -0.39 is 5.91 Å². The number of carbonyl (C=O) groups excluding carboxylic acids is 1. The van der Waals surface area contributed by atoms with E-state index in [9.17, 15) is 9.18 Å². The van der Waals surface area contributed by atoms with Gasteiger partial charge in [-0.25, -0.2) is 4.39 Å². The summed E-state index contributed by atoms with van der Waals surface area (Å²) in [6, 6.07) is 5.86. The van der Waals surface area contributed by atoms with Crippen LogP contribution in [0.2, 0.25) is 0 Å². The van der Waals surface area contributed by atoms with Crippen molar-refractivity contribution in [1.29, 1.82) is 0 Å². The fourth-order valence-corrected chi connectivity index (χ4v) is 0.850. The number of benzene rings is 1. The van der Waals surface area contributed by atoms with Crippen molar-refractivity contribution < 1.29 is 13.9 Å². The smallest absolute Gasteiger partial charge is 0.243 e. The summed E-state index contributed by atoms with van der Waals surface area (Å²) in [5, 5.41) is 0. The SMILES string of the molecule is NC(=O)COCc1ccc(F)cc1. The Morgan fingerprint density at radius 1 is 1.38 bits per heavy atom. The minimum Gasteiger partial charge on any atom is -0.368 e. The van der Waals surface area contributed by atoms with Gasteiger partial charge in [-0.1, -0.05) is 12.1 Å². The van der Waals surface area contributed by atoms with E-state index in [-0.39, 0.29) is 19.0 Å². The van der Waals surface area contributed by atoms with Crippen LogP contribution < -0.4 is 5.73 Å². The lowest BCUT2D eigenvalue weighted by Gasteiger charge is -2.01. The monoisotopic (exact) mass is 183 g/mol. The van der Waals surface area contributed by atoms with Crippen LogP contribution in [-0.2, 0) is 16.1 Å². The molecule has 4 heteroatoms. The van der Waals surface area contributed by atoms with Crippen molar-refractivity contribution in [3.8, 4) is 0 Å². The summed E-state index contributed by atoms with van der Waals surface area (Å²) in [7, 11) is 0. The van der Waals surface area contributed by atoms with Crippen molar-refractivity contribution in [2.24, 2.45) is 5.73 Å². The van der Waals surface area contributed by atoms with Gasteiger partial charge in [-0.3, -0.25) is 4.79 Å². The van der Waals surface area contributed by atoms with Crippen LogP contribution in [0.1, 0.15) is 5.56 Å². The molecule has 0 radical (unpaired) electrons. The number of nitrogens with two attached hydrogens (primary N) is 1. The van der Waals surface area contributed by atoms with Crippen LogP contribution in [0.5, 0.6) is 0 Å². The molecule has 2 N–H and O–H groups in total. The predicted molar refractivity (Wildman–Crippen MR) is 45.3 cm³/mol. The van der Waals surface area contributed by atoms with Gasteiger partial charge in [-0.05, 0) is 17.7 Å². The van der Waals surface area contributed by atoms with Crippen molar-refractivity contribution in [2.45, 2.75) is 6.61 Å². The second-order valence-corrected chi connectivity index (χ2v) is 2.59. The summed E-state index contributed by atoms with van der Waals surface area (Å²) >= 11 is 0. The van der Waals surface area contributed by atoms with Crippen LogP contribution in [0.4, 0.5) is 4.39 Å². The van der Waals surface area contributed by atoms with E-state index in [4.69, 9.17) is 10.5 Å². The Kier molecular flexibility index (Phi) is 3.40. The molecule has 0 spiro atoms. The van der Waals surface area contributed by atoms with E-state index in [2.05, 4.69) is 0 Å². The third-order valence-electron chi connectivity index (χ3n) is 1.43. The molecule has 0 unspecified atom stereocenters. The minimum absolute atomic E-state index is 0.114. The van der Waals surface area contributed by atoms with Gasteiger partial charge in [0, 0.05) is 0 Å². The molecule has 13 heavy (non-hydrogen) atoms. The topological polar surface area (TPSA) is 52.3 Å². The van der Waals surface area contributed by atoms with Crippen molar-refractivity contribution in [1.82, 2.24) is 0 Å². The van der Waals surface area contributed by atoms with E-state index in [1.165, 1.54) is 12.1 Å². The fourth-order valence-electron chi connectivity index (χ4n) is 0.850. The maximum atomic E-state index is 12.4. The highest BCUT2D eigenvalue weighted by Gasteiger charge is 1.96. The van der Waals surface area contributed by atoms with Gasteiger partial charge in [0.15, 0.2) is 0 Å². The molecule has 0 atom stereocenters. The van der Waals surface area contributed by atoms with Crippen molar-refractivity contribution in [3.05, 3.63) is 35.6 Å². The molecule has 0 aliphatic carbocycles. The molecular weight excluding hydrogens is 173 g/mol. The van der Waals surface area contributed by atoms with Crippen LogP contribution >= 0.6 is 0 Å². The summed E-state index contributed by atoms with van der Waals surface area (Å²) in [4.78, 5) is 10.3. The molecule has 1 aromatic carbocycles. The number of carbonyl (C=O) groups is 1. The number of amides is 1. The van der Waals surface area contributed by atoms with Gasteiger partial charge in [0.05, 0.1) is 6.61 Å². The zero-order chi connectivity index (χ0) is 9.68. The molecule has 1 amide bonds. The molecule has 1 aromatic rings. The third kappa shape index (κ3) is 3.66. The van der Waals surface area contributed by atoms with Gasteiger partial charge < -0.3 is 10.5 Å². The molecule has 70 valence electrons. The first-order valence-electron chi connectivity index (χ1n) is 3.79. The first-order chi connectivity index (χ1) is 6.18. The van der Waals surface area contributed by atoms with Crippen LogP contribution in [0.3, 0.4) is 0 Å². The maximum absolute atomic E-state index is 12.4. The quantitative estimate of drug-likeness (QED) is 0.751. The molecule has 0 aromatic heterocycles. The summed E-state index contributed by atoms with van der Waals surface area (Å²) in [6.07, 6.45) is 0. The van der Waals surface area contributed by atoms with Gasteiger partial charge in [0.1, 0.15) is 12.4 Å². The first kappa shape index (κ1) is 9.67. The van der Waals surface area contributed by atoms with Gasteiger partial charge in [-0.15, -0.1) is 0 Å². The Morgan fingerprint density at radius 3 is 2.54 bits per heavy atom. The lowest BCUT2D eigenvalue weighted by atomic mass is 10.2. The van der Waals surface area contributed by atoms with Crippen molar-refractivity contribution in [2.75, 3.05) is 6.61 Å². The van der Waals surface area contributed by atoms with Gasteiger partial charge in [0.2, 0.25) is 5.91 Å². The summed E-state index contributed by atoms with van der Waals surface area (Å²) in [5.41, 5.74) is 5.66. The molecule has 0 bridgehead atoms. The van der Waals surface area contributed by atoms with Gasteiger partial charge in [-0.2, -0.15) is 0 Å². The Bertz CT molecular complexity index is 284. The number of rotatable bonds is 4. The van der Waals surface area contributed by atoms with E-state index in [0.717, 1.165) is 5.56 Å². The van der Waals surface area contributed by atoms with Crippen LogP contribution in [0.25, 0.3) is 0 Å². The number of hydrogen-bond acceptors (Lipinski definition) is 2. The zero-order valence-corrected chi connectivity index (χ0v) is 7.00. The second kappa shape index (κ2) is 4.57. The molecular formula is C9H10FNO2. The lowest BCUT2D eigenvalue weighted by Crippen LogP contribution is -2.17. The standard InChI is InChI=1S/C9H10FNO2/c10-8-3-1-7(2-4-8)5-13-6-9(11)12/h1-4H,5-6H2,(H2,11,12). The highest BCUT2D eigenvalue weighted by molar-refractivity contribution is 5.74. The molecule has 0 heterocycles. The Balaban J connectivity index is 2.37. The van der Waals surface area contributed by atoms with Gasteiger partial charge in [0.25, 0.3) is 0 Å². The first-order valence-corrected chi connectivity index (χ1v) is 3.79. The zero-order valence-electron chi connectivity index (χ0n) is 7.00. The van der Waals surface area contributed by atoms with E-state index in [1.54, 1.807) is 12.1 Å². The Morgan fingerprint density at radius 2 is 2.00 bits per heavy atom. The molecule has 0 aliphatic rings. The molecule has 3 nitrogen and oxygen atoms in total. The van der Waals surface area contributed by atoms with Crippen molar-refractivity contribution in [3.63, 3.8) is 0 Å². The third-order valence-corrected chi connectivity index (χ3v) is 1.43. The van der Waals surface area contributed by atoms with Crippen LogP contribution in [0, 0.1) is 5.82 Å². The summed E-state index contributed by atoms with van der Waals surface area (Å²) in [5.74, 6) is -0.805. The second-order valence-electron chi connectivity index (χ2n) is 2.59. The Hall–Kier alpha value is -1.42. The average Bonchev–Trinajstić information content (AvgIpc) is 2.08. The summed E-state index contributed by atoms with van der Waals surface area (Å²) in [6.45, 7) is 0.153. The van der Waals surface area contributed by atoms with Crippen LogP contribution in [-0.4, -0.2) is 12.5 Å². The average molecular weight is 183 g/mol. The normalized spacial score (nSPS) is 9.92. The fraction of sp³-hybridized carbons (Fsp3) is 0.222. The molecule has 0 aliphatic heterocycles. The van der Waals surface area contributed by atoms with Crippen LogP contribution in [0.15, 0.2) is 24.3 Å². The molecule has 1 rings (SSSR count). The van der Waals surface area contributed by atoms with E-state index in [0.29, 0.717) is 0 Å². The predicted octanol–water partition coefficient (Wildman–Crippen LogP) is 0.828. The van der Waals surface area contributed by atoms with Crippen molar-refractivity contribution >= 4 is 5.91 Å². The number of ether oxygens (including phenoxy) is 1. The Labute approximate surface area is 75.3 Å². The molecule has 0 saturated heterocycles. The highest BCUT2D eigenvalue weighted by Crippen LogP contribution is 2.03. The van der Waals surface area contributed by atoms with E-state index in [1.807, 2.05) is 0 Å². The largest absolute Gasteiger partial charge is 0.368 e. The number of hydrogen-bond donors (Lipinski definition) is 1. The minimum atomic E-state index is -0.512. The summed E-state index contributed by atoms with van der Waals surface area (Å²) < 4.78 is 17.3. The number of primary amides is 1. The highest BCUT2D eigenvalue weighted by atomic mass is 19.1. The molecule has 0 fully saturated rings. The van der Waals surface area contributed by atoms with Gasteiger partial charge >= 0.3 is 0 Å². The molecule has 0 saturated carbocycles. The van der Waals surface area contributed by atoms with E-state index >= 15 is 0 Å². The maximum Gasteiger partial charge on any atom is 0.243 e. The lowest BCUT2D eigenvalue weighted by molar-refractivity contribution is -0.122. The number of halogens is 1.